The zero-order valence-electron chi connectivity index (χ0n) is 12.0. The van der Waals surface area contributed by atoms with Crippen molar-refractivity contribution in [1.29, 1.82) is 0 Å². The highest BCUT2D eigenvalue weighted by molar-refractivity contribution is 5.77. The van der Waals surface area contributed by atoms with Gasteiger partial charge in [-0.3, -0.25) is 9.78 Å². The highest BCUT2D eigenvalue weighted by atomic mass is 19.4. The molecule has 1 amide bonds. The minimum Gasteiger partial charge on any atom is -0.369 e. The van der Waals surface area contributed by atoms with Crippen molar-refractivity contribution in [3.63, 3.8) is 0 Å². The molecule has 0 bridgehead atoms. The number of carbonyl (C=O) groups is 1. The normalized spacial score (nSPS) is 31.2. The first kappa shape index (κ1) is 15.3. The second kappa shape index (κ2) is 5.22. The van der Waals surface area contributed by atoms with E-state index in [-0.39, 0.29) is 28.8 Å². The summed E-state index contributed by atoms with van der Waals surface area (Å²) in [5.74, 6) is -0.379. The summed E-state index contributed by atoms with van der Waals surface area (Å²) in [6.45, 7) is 0.687. The zero-order valence-corrected chi connectivity index (χ0v) is 12.0. The molecular weight excluding hydrogens is 295 g/mol. The van der Waals surface area contributed by atoms with Crippen molar-refractivity contribution in [2.24, 2.45) is 17.6 Å². The third-order valence-corrected chi connectivity index (χ3v) is 4.90. The first-order valence-electron chi connectivity index (χ1n) is 7.36. The van der Waals surface area contributed by atoms with Crippen molar-refractivity contribution in [2.75, 3.05) is 6.54 Å². The molecule has 1 aliphatic heterocycles. The summed E-state index contributed by atoms with van der Waals surface area (Å²) >= 11 is 0. The highest BCUT2D eigenvalue weighted by Crippen LogP contribution is 2.52. The van der Waals surface area contributed by atoms with E-state index in [4.69, 9.17) is 5.73 Å². The van der Waals surface area contributed by atoms with Gasteiger partial charge in [-0.2, -0.15) is 13.2 Å². The molecule has 1 aromatic rings. The Hall–Kier alpha value is -1.63. The van der Waals surface area contributed by atoms with Crippen molar-refractivity contribution in [1.82, 2.24) is 10.3 Å². The summed E-state index contributed by atoms with van der Waals surface area (Å²) in [6.07, 6.45) is 0.338. The van der Waals surface area contributed by atoms with Crippen LogP contribution in [0.1, 0.15) is 30.4 Å². The molecule has 3 unspecified atom stereocenters. The lowest BCUT2D eigenvalue weighted by molar-refractivity contribution is -0.138. The van der Waals surface area contributed by atoms with Crippen LogP contribution in [0.15, 0.2) is 18.5 Å². The van der Waals surface area contributed by atoms with E-state index in [1.54, 1.807) is 0 Å². The second-order valence-electron chi connectivity index (χ2n) is 6.31. The lowest BCUT2D eigenvalue weighted by Crippen LogP contribution is -2.45. The van der Waals surface area contributed by atoms with E-state index < -0.39 is 11.7 Å². The minimum atomic E-state index is -4.39. The molecule has 1 saturated carbocycles. The van der Waals surface area contributed by atoms with Crippen LogP contribution in [0.25, 0.3) is 0 Å². The molecule has 1 spiro atoms. The van der Waals surface area contributed by atoms with Gasteiger partial charge in [0.1, 0.15) is 0 Å². The first-order valence-corrected chi connectivity index (χ1v) is 7.36. The lowest BCUT2D eigenvalue weighted by atomic mass is 9.88. The second-order valence-corrected chi connectivity index (χ2v) is 6.31. The Morgan fingerprint density at radius 2 is 2.23 bits per heavy atom. The van der Waals surface area contributed by atoms with E-state index in [0.29, 0.717) is 25.8 Å². The third kappa shape index (κ3) is 2.82. The van der Waals surface area contributed by atoms with Gasteiger partial charge in [-0.25, -0.2) is 0 Å². The summed E-state index contributed by atoms with van der Waals surface area (Å²) in [4.78, 5) is 14.9. The summed E-state index contributed by atoms with van der Waals surface area (Å²) in [5.41, 5.74) is 4.76. The molecule has 2 heterocycles. The van der Waals surface area contributed by atoms with Crippen LogP contribution >= 0.6 is 0 Å². The molecular formula is C15H18F3N3O. The Morgan fingerprint density at radius 1 is 1.45 bits per heavy atom. The zero-order chi connectivity index (χ0) is 16.0. The van der Waals surface area contributed by atoms with Gasteiger partial charge in [-0.1, -0.05) is 0 Å². The van der Waals surface area contributed by atoms with Gasteiger partial charge in [0.25, 0.3) is 0 Å². The number of nitrogens with one attached hydrogen (secondary N) is 1. The number of hydrogen-bond acceptors (Lipinski definition) is 3. The largest absolute Gasteiger partial charge is 0.418 e. The summed E-state index contributed by atoms with van der Waals surface area (Å²) in [7, 11) is 0. The molecule has 0 aromatic carbocycles. The van der Waals surface area contributed by atoms with Gasteiger partial charge < -0.3 is 11.1 Å². The summed E-state index contributed by atoms with van der Waals surface area (Å²) in [5, 5.41) is 3.38. The Balaban J connectivity index is 1.73. The van der Waals surface area contributed by atoms with Crippen LogP contribution in [0.5, 0.6) is 0 Å². The van der Waals surface area contributed by atoms with Crippen molar-refractivity contribution in [3.05, 3.63) is 29.6 Å². The molecule has 3 N–H and O–H groups in total. The van der Waals surface area contributed by atoms with Crippen LogP contribution in [0.2, 0.25) is 0 Å². The fourth-order valence-electron chi connectivity index (χ4n) is 3.59. The van der Waals surface area contributed by atoms with E-state index in [1.165, 1.54) is 12.3 Å². The number of alkyl halides is 3. The predicted octanol–water partition coefficient (Wildman–Crippen LogP) is 1.89. The Morgan fingerprint density at radius 3 is 2.91 bits per heavy atom. The molecule has 7 heteroatoms. The lowest BCUT2D eigenvalue weighted by Gasteiger charge is -2.30. The average Bonchev–Trinajstić information content (AvgIpc) is 3.09. The van der Waals surface area contributed by atoms with Gasteiger partial charge in [0.2, 0.25) is 5.91 Å². The smallest absolute Gasteiger partial charge is 0.369 e. The average molecular weight is 313 g/mol. The van der Waals surface area contributed by atoms with Crippen LogP contribution < -0.4 is 11.1 Å². The van der Waals surface area contributed by atoms with Gasteiger partial charge in [0.15, 0.2) is 0 Å². The molecule has 22 heavy (non-hydrogen) atoms. The van der Waals surface area contributed by atoms with Crippen LogP contribution in [0.3, 0.4) is 0 Å². The van der Waals surface area contributed by atoms with Crippen LogP contribution in [0, 0.1) is 11.8 Å². The number of nitrogens with two attached hydrogens (primary N) is 1. The maximum Gasteiger partial charge on any atom is 0.418 e. The standard InChI is InChI=1S/C15H18F3N3O/c16-15(17,18)12-8-20-3-1-9(12)5-11-7-14(11)6-10(13(19)22)2-4-21-14/h1,3,8,10-11,21H,2,4-7H2,(H2,19,22). The van der Waals surface area contributed by atoms with Crippen LogP contribution in [0.4, 0.5) is 13.2 Å². The van der Waals surface area contributed by atoms with Crippen molar-refractivity contribution in [3.8, 4) is 0 Å². The fourth-order valence-corrected chi connectivity index (χ4v) is 3.59. The Labute approximate surface area is 126 Å². The number of amides is 1. The van der Waals surface area contributed by atoms with Crippen molar-refractivity contribution >= 4 is 5.91 Å². The molecule has 2 fully saturated rings. The van der Waals surface area contributed by atoms with Crippen LogP contribution in [-0.4, -0.2) is 23.0 Å². The Bertz CT molecular complexity index is 590. The van der Waals surface area contributed by atoms with Gasteiger partial charge >= 0.3 is 6.18 Å². The number of hydrogen-bond donors (Lipinski definition) is 2. The molecule has 1 saturated heterocycles. The molecule has 2 aliphatic rings. The number of pyridine rings is 1. The van der Waals surface area contributed by atoms with E-state index in [9.17, 15) is 18.0 Å². The molecule has 4 nitrogen and oxygen atoms in total. The number of carbonyl (C=O) groups excluding carboxylic acids is 1. The van der Waals surface area contributed by atoms with E-state index in [1.807, 2.05) is 0 Å². The van der Waals surface area contributed by atoms with Gasteiger partial charge in [0.05, 0.1) is 5.56 Å². The van der Waals surface area contributed by atoms with Gasteiger partial charge in [-0.05, 0) is 49.8 Å². The summed E-state index contributed by atoms with van der Waals surface area (Å²) in [6, 6.07) is 1.43. The SMILES string of the molecule is NC(=O)C1CCNC2(C1)CC2Cc1ccncc1C(F)(F)F. The number of piperidine rings is 1. The third-order valence-electron chi connectivity index (χ3n) is 4.90. The molecule has 3 rings (SSSR count). The minimum absolute atomic E-state index is 0.109. The monoisotopic (exact) mass is 313 g/mol. The number of halogens is 3. The van der Waals surface area contributed by atoms with Crippen molar-refractivity contribution in [2.45, 2.75) is 37.4 Å². The van der Waals surface area contributed by atoms with Crippen molar-refractivity contribution < 1.29 is 18.0 Å². The maximum atomic E-state index is 13.0. The quantitative estimate of drug-likeness (QED) is 0.895. The molecule has 0 radical (unpaired) electrons. The Kier molecular flexibility index (Phi) is 3.63. The molecule has 3 atom stereocenters. The van der Waals surface area contributed by atoms with E-state index in [0.717, 1.165) is 12.6 Å². The maximum absolute atomic E-state index is 13.0. The molecule has 120 valence electrons. The highest BCUT2D eigenvalue weighted by Gasteiger charge is 2.56. The number of rotatable bonds is 3. The van der Waals surface area contributed by atoms with Gasteiger partial charge in [0, 0.05) is 23.9 Å². The fraction of sp³-hybridized carbons (Fsp3) is 0.600. The number of aromatic nitrogens is 1. The van der Waals surface area contributed by atoms with E-state index in [2.05, 4.69) is 10.3 Å². The number of primary amides is 1. The van der Waals surface area contributed by atoms with E-state index >= 15 is 0 Å². The van der Waals surface area contributed by atoms with Crippen LogP contribution in [-0.2, 0) is 17.4 Å². The molecule has 1 aliphatic carbocycles. The molecule has 1 aromatic heterocycles. The predicted molar refractivity (Wildman–Crippen MR) is 73.7 cm³/mol. The first-order chi connectivity index (χ1) is 10.3. The summed E-state index contributed by atoms with van der Waals surface area (Å²) < 4.78 is 39.0. The topological polar surface area (TPSA) is 68.0 Å². The number of nitrogens with zero attached hydrogens (tertiary/aromatic N) is 1. The van der Waals surface area contributed by atoms with Gasteiger partial charge in [-0.15, -0.1) is 0 Å².